The van der Waals surface area contributed by atoms with E-state index in [0.717, 1.165) is 60.1 Å². The van der Waals surface area contributed by atoms with Crippen molar-refractivity contribution in [1.82, 2.24) is 9.80 Å². The molecular weight excluding hydrogens is 450 g/mol. The number of hydrogen-bond acceptors (Lipinski definition) is 5. The smallest absolute Gasteiger partial charge is 0.253 e. The van der Waals surface area contributed by atoms with Crippen molar-refractivity contribution in [3.63, 3.8) is 0 Å². The predicted octanol–water partition coefficient (Wildman–Crippen LogP) is 5.14. The maximum atomic E-state index is 13.3. The summed E-state index contributed by atoms with van der Waals surface area (Å²) < 4.78 is 10.9. The first-order valence-electron chi connectivity index (χ1n) is 12.4. The monoisotopic (exact) mass is 483 g/mol. The summed E-state index contributed by atoms with van der Waals surface area (Å²) in [4.78, 5) is 20.0. The number of amides is 1. The largest absolute Gasteiger partial charge is 0.497 e. The first kappa shape index (κ1) is 23.9. The summed E-state index contributed by atoms with van der Waals surface area (Å²) in [6.45, 7) is 6.78. The third kappa shape index (κ3) is 4.82. The number of rotatable bonds is 6. The van der Waals surface area contributed by atoms with Crippen molar-refractivity contribution in [3.8, 4) is 11.5 Å². The van der Waals surface area contributed by atoms with Gasteiger partial charge < -0.3 is 19.3 Å². The Morgan fingerprint density at radius 2 is 1.69 bits per heavy atom. The maximum absolute atomic E-state index is 13.3. The van der Waals surface area contributed by atoms with Gasteiger partial charge in [0.15, 0.2) is 0 Å². The van der Waals surface area contributed by atoms with E-state index in [1.807, 2.05) is 29.2 Å². The number of hydrogen-bond donors (Lipinski definition) is 0. The highest BCUT2D eigenvalue weighted by Gasteiger charge is 2.24. The highest BCUT2D eigenvalue weighted by molar-refractivity contribution is 5.95. The normalized spacial score (nSPS) is 15.5. The van der Waals surface area contributed by atoms with E-state index in [9.17, 15) is 4.79 Å². The predicted molar refractivity (Wildman–Crippen MR) is 144 cm³/mol. The Morgan fingerprint density at radius 1 is 0.889 bits per heavy atom. The molecule has 2 aliphatic heterocycles. The molecule has 1 fully saturated rings. The van der Waals surface area contributed by atoms with Crippen LogP contribution in [0.25, 0.3) is 6.08 Å². The molecule has 6 nitrogen and oxygen atoms in total. The minimum atomic E-state index is 0.102. The van der Waals surface area contributed by atoms with Gasteiger partial charge in [-0.2, -0.15) is 0 Å². The summed E-state index contributed by atoms with van der Waals surface area (Å²) in [6.07, 6.45) is 4.35. The molecule has 0 atom stereocenters. The zero-order valence-electron chi connectivity index (χ0n) is 21.2. The molecule has 36 heavy (non-hydrogen) atoms. The van der Waals surface area contributed by atoms with Crippen LogP contribution in [0, 0.1) is 6.92 Å². The van der Waals surface area contributed by atoms with Crippen molar-refractivity contribution in [1.29, 1.82) is 0 Å². The lowest BCUT2D eigenvalue weighted by Crippen LogP contribution is -2.48. The highest BCUT2D eigenvalue weighted by Crippen LogP contribution is 2.34. The standard InChI is InChI=1S/C30H33N3O3/c1-22-19-24(11-13-27(22)33-14-6-8-23-7-4-5-9-28(23)33)30(34)32-17-15-31(16-18-32)21-25-10-12-26(35-2)20-29(25)36-3/h4-13,19-20H,14-18,21H2,1-3H3. The van der Waals surface area contributed by atoms with Gasteiger partial charge in [-0.1, -0.05) is 36.4 Å². The van der Waals surface area contributed by atoms with Crippen molar-refractivity contribution < 1.29 is 14.3 Å². The molecule has 2 heterocycles. The van der Waals surface area contributed by atoms with Crippen molar-refractivity contribution in [2.45, 2.75) is 13.5 Å². The number of carbonyl (C=O) groups is 1. The van der Waals surface area contributed by atoms with Gasteiger partial charge in [0.2, 0.25) is 0 Å². The van der Waals surface area contributed by atoms with Crippen LogP contribution >= 0.6 is 0 Å². The molecule has 1 amide bonds. The molecule has 6 heteroatoms. The van der Waals surface area contributed by atoms with Crippen LogP contribution in [0.15, 0.2) is 66.7 Å². The zero-order valence-corrected chi connectivity index (χ0v) is 21.2. The van der Waals surface area contributed by atoms with Crippen LogP contribution in [0.3, 0.4) is 0 Å². The van der Waals surface area contributed by atoms with Gasteiger partial charge in [-0.15, -0.1) is 0 Å². The van der Waals surface area contributed by atoms with E-state index in [1.165, 1.54) is 11.3 Å². The van der Waals surface area contributed by atoms with Crippen LogP contribution in [0.4, 0.5) is 11.4 Å². The average molecular weight is 484 g/mol. The quantitative estimate of drug-likeness (QED) is 0.486. The molecule has 2 aliphatic rings. The van der Waals surface area contributed by atoms with Crippen LogP contribution in [0.1, 0.15) is 27.0 Å². The Balaban J connectivity index is 1.23. The van der Waals surface area contributed by atoms with Crippen molar-refractivity contribution in [2.24, 2.45) is 0 Å². The second kappa shape index (κ2) is 10.5. The van der Waals surface area contributed by atoms with Gasteiger partial charge in [0, 0.05) is 67.8 Å². The minimum absolute atomic E-state index is 0.102. The fourth-order valence-corrected chi connectivity index (χ4v) is 5.09. The molecule has 3 aromatic rings. The first-order valence-corrected chi connectivity index (χ1v) is 12.4. The van der Waals surface area contributed by atoms with Gasteiger partial charge in [-0.05, 0) is 48.4 Å². The third-order valence-electron chi connectivity index (χ3n) is 7.10. The Hall–Kier alpha value is -3.77. The Kier molecular flexibility index (Phi) is 6.96. The number of methoxy groups -OCH3 is 2. The van der Waals surface area contributed by atoms with Crippen LogP contribution in [0.5, 0.6) is 11.5 Å². The number of piperazine rings is 1. The van der Waals surface area contributed by atoms with E-state index < -0.39 is 0 Å². The summed E-state index contributed by atoms with van der Waals surface area (Å²) in [7, 11) is 3.34. The van der Waals surface area contributed by atoms with Crippen LogP contribution < -0.4 is 14.4 Å². The molecule has 0 spiro atoms. The maximum Gasteiger partial charge on any atom is 0.253 e. The second-order valence-corrected chi connectivity index (χ2v) is 9.32. The van der Waals surface area contributed by atoms with E-state index in [1.54, 1.807) is 14.2 Å². The highest BCUT2D eigenvalue weighted by atomic mass is 16.5. The molecule has 5 rings (SSSR count). The number of ether oxygens (including phenoxy) is 2. The minimum Gasteiger partial charge on any atom is -0.497 e. The fraction of sp³-hybridized carbons (Fsp3) is 0.300. The number of para-hydroxylation sites is 1. The number of aryl methyl sites for hydroxylation is 1. The Morgan fingerprint density at radius 3 is 2.44 bits per heavy atom. The molecular formula is C30H33N3O3. The average Bonchev–Trinajstić information content (AvgIpc) is 2.93. The van der Waals surface area contributed by atoms with Gasteiger partial charge in [0.1, 0.15) is 11.5 Å². The third-order valence-corrected chi connectivity index (χ3v) is 7.10. The second-order valence-electron chi connectivity index (χ2n) is 9.32. The molecule has 0 saturated carbocycles. The summed E-state index contributed by atoms with van der Waals surface area (Å²) in [5.74, 6) is 1.72. The van der Waals surface area contributed by atoms with Gasteiger partial charge >= 0.3 is 0 Å². The topological polar surface area (TPSA) is 45.2 Å². The van der Waals surface area contributed by atoms with Crippen LogP contribution in [0.2, 0.25) is 0 Å². The molecule has 0 aliphatic carbocycles. The molecule has 0 bridgehead atoms. The lowest BCUT2D eigenvalue weighted by atomic mass is 10.0. The van der Waals surface area contributed by atoms with Crippen LogP contribution in [-0.4, -0.2) is 62.7 Å². The fourth-order valence-electron chi connectivity index (χ4n) is 5.09. The lowest BCUT2D eigenvalue weighted by Gasteiger charge is -2.35. The van der Waals surface area contributed by atoms with E-state index >= 15 is 0 Å². The molecule has 0 N–H and O–H groups in total. The van der Waals surface area contributed by atoms with Gasteiger partial charge in [-0.3, -0.25) is 9.69 Å². The SMILES string of the molecule is COc1ccc(CN2CCN(C(=O)c3ccc(N4CC=Cc5ccccc54)c(C)c3)CC2)c(OC)c1. The van der Waals surface area contributed by atoms with E-state index in [0.29, 0.717) is 13.1 Å². The Bertz CT molecular complexity index is 1280. The van der Waals surface area contributed by atoms with E-state index in [-0.39, 0.29) is 5.91 Å². The summed E-state index contributed by atoms with van der Waals surface area (Å²) >= 11 is 0. The van der Waals surface area contributed by atoms with Gasteiger partial charge in [-0.25, -0.2) is 0 Å². The van der Waals surface area contributed by atoms with Crippen LogP contribution in [-0.2, 0) is 6.54 Å². The molecule has 186 valence electrons. The molecule has 0 radical (unpaired) electrons. The first-order chi connectivity index (χ1) is 17.6. The molecule has 0 aromatic heterocycles. The zero-order chi connectivity index (χ0) is 25.1. The van der Waals surface area contributed by atoms with E-state index in [2.05, 4.69) is 65.3 Å². The van der Waals surface area contributed by atoms with Crippen molar-refractivity contribution >= 4 is 23.4 Å². The van der Waals surface area contributed by atoms with Crippen molar-refractivity contribution in [3.05, 3.63) is 89.0 Å². The van der Waals surface area contributed by atoms with Gasteiger partial charge in [0.25, 0.3) is 5.91 Å². The number of fused-ring (bicyclic) bond motifs is 1. The summed E-state index contributed by atoms with van der Waals surface area (Å²) in [5.41, 5.74) is 6.54. The number of benzene rings is 3. The molecule has 1 saturated heterocycles. The summed E-state index contributed by atoms with van der Waals surface area (Å²) in [5, 5.41) is 0. The van der Waals surface area contributed by atoms with E-state index in [4.69, 9.17) is 9.47 Å². The molecule has 3 aromatic carbocycles. The number of nitrogens with zero attached hydrogens (tertiary/aromatic N) is 3. The summed E-state index contributed by atoms with van der Waals surface area (Å²) in [6, 6.07) is 20.4. The Labute approximate surface area is 213 Å². The molecule has 0 unspecified atom stereocenters. The van der Waals surface area contributed by atoms with Gasteiger partial charge in [0.05, 0.1) is 14.2 Å². The number of carbonyl (C=O) groups excluding carboxylic acids is 1. The lowest BCUT2D eigenvalue weighted by molar-refractivity contribution is 0.0627. The van der Waals surface area contributed by atoms with Crippen molar-refractivity contribution in [2.75, 3.05) is 51.8 Å². The number of anilines is 2.